The Morgan fingerprint density at radius 3 is 2.19 bits per heavy atom. The maximum Gasteiger partial charge on any atom is 0.338 e. The van der Waals surface area contributed by atoms with Gasteiger partial charge in [-0.2, -0.15) is 0 Å². The molecule has 0 unspecified atom stereocenters. The Hall–Kier alpha value is -1.95. The van der Waals surface area contributed by atoms with Crippen molar-refractivity contribution in [3.63, 3.8) is 0 Å². The van der Waals surface area contributed by atoms with Gasteiger partial charge in [0.05, 0.1) is 24.2 Å². The van der Waals surface area contributed by atoms with Crippen LogP contribution in [0.15, 0.2) is 42.5 Å². The van der Waals surface area contributed by atoms with Crippen molar-refractivity contribution in [1.29, 1.82) is 0 Å². The lowest BCUT2D eigenvalue weighted by atomic mass is 9.75. The summed E-state index contributed by atoms with van der Waals surface area (Å²) >= 11 is 0. The number of hydrogen-bond acceptors (Lipinski definition) is 5. The number of carbonyl (C=O) groups excluding carboxylic acids is 1. The van der Waals surface area contributed by atoms with Crippen LogP contribution < -0.4 is 0 Å². The summed E-state index contributed by atoms with van der Waals surface area (Å²) in [5.41, 5.74) is 0.203. The van der Waals surface area contributed by atoms with Gasteiger partial charge in [0.1, 0.15) is 6.61 Å². The number of piperidine rings is 1. The summed E-state index contributed by atoms with van der Waals surface area (Å²) in [5.74, 6) is -0.880. The quantitative estimate of drug-likeness (QED) is 0.596. The van der Waals surface area contributed by atoms with Gasteiger partial charge in [0.15, 0.2) is 5.79 Å². The molecule has 0 amide bonds. The van der Waals surface area contributed by atoms with Crippen LogP contribution in [0.1, 0.15) is 64.2 Å². The molecule has 2 saturated heterocycles. The fraction of sp³-hybridized carbons (Fsp3) is 0.593. The average molecular weight is 440 g/mol. The molecule has 0 aliphatic carbocycles. The summed E-state index contributed by atoms with van der Waals surface area (Å²) in [5, 5.41) is 1.95. The Morgan fingerprint density at radius 2 is 1.56 bits per heavy atom. The van der Waals surface area contributed by atoms with Crippen molar-refractivity contribution in [1.82, 2.24) is 4.90 Å². The molecule has 2 aromatic carbocycles. The molecule has 2 aromatic rings. The largest absolute Gasteiger partial charge is 0.461 e. The first-order chi connectivity index (χ1) is 15.0. The van der Waals surface area contributed by atoms with E-state index in [0.29, 0.717) is 18.8 Å². The molecule has 2 fully saturated rings. The minimum Gasteiger partial charge on any atom is -0.461 e. The van der Waals surface area contributed by atoms with E-state index in [9.17, 15) is 4.79 Å². The molecule has 0 saturated carbocycles. The zero-order valence-corrected chi connectivity index (χ0v) is 20.4. The second kappa shape index (κ2) is 8.12. The molecule has 32 heavy (non-hydrogen) atoms. The van der Waals surface area contributed by atoms with Crippen molar-refractivity contribution in [2.75, 3.05) is 26.9 Å². The summed E-state index contributed by atoms with van der Waals surface area (Å²) in [6.45, 7) is 12.4. The Labute approximate surface area is 192 Å². The molecule has 0 bridgehead atoms. The van der Waals surface area contributed by atoms with Gasteiger partial charge in [0, 0.05) is 23.9 Å². The van der Waals surface area contributed by atoms with Crippen LogP contribution in [0.5, 0.6) is 0 Å². The summed E-state index contributed by atoms with van der Waals surface area (Å²) in [4.78, 5) is 15.4. The van der Waals surface area contributed by atoms with Crippen LogP contribution in [-0.4, -0.2) is 54.6 Å². The van der Waals surface area contributed by atoms with Crippen LogP contribution in [0.25, 0.3) is 10.8 Å². The standard InChI is InChI=1S/C27H37NO4/c1-7-26(17-30-23(29)22-14-10-12-20-11-8-9-13-21(20)22)18-31-27(32-19-26)15-24(2,3)28(6)25(4,5)16-27/h8-14H,7,15-19H2,1-6H3. The first-order valence-corrected chi connectivity index (χ1v) is 11.7. The topological polar surface area (TPSA) is 48.0 Å². The average Bonchev–Trinajstić information content (AvgIpc) is 2.76. The van der Waals surface area contributed by atoms with E-state index in [1.807, 2.05) is 42.5 Å². The molecular weight excluding hydrogens is 402 g/mol. The van der Waals surface area contributed by atoms with Gasteiger partial charge >= 0.3 is 5.97 Å². The van der Waals surface area contributed by atoms with Crippen molar-refractivity contribution >= 4 is 16.7 Å². The number of esters is 1. The number of hydrogen-bond donors (Lipinski definition) is 0. The zero-order valence-electron chi connectivity index (χ0n) is 20.4. The lowest BCUT2D eigenvalue weighted by Gasteiger charge is -2.59. The first-order valence-electron chi connectivity index (χ1n) is 11.7. The van der Waals surface area contributed by atoms with Gasteiger partial charge in [0.25, 0.3) is 0 Å². The van der Waals surface area contributed by atoms with E-state index in [0.717, 1.165) is 30.0 Å². The maximum atomic E-state index is 13.0. The molecule has 0 atom stereocenters. The van der Waals surface area contributed by atoms with E-state index in [1.54, 1.807) is 0 Å². The molecule has 2 heterocycles. The van der Waals surface area contributed by atoms with Gasteiger partial charge in [-0.15, -0.1) is 0 Å². The highest BCUT2D eigenvalue weighted by molar-refractivity contribution is 6.04. The second-order valence-corrected chi connectivity index (χ2v) is 11.0. The van der Waals surface area contributed by atoms with Gasteiger partial charge in [-0.1, -0.05) is 43.3 Å². The highest BCUT2D eigenvalue weighted by Gasteiger charge is 2.55. The molecule has 5 nitrogen and oxygen atoms in total. The van der Waals surface area contributed by atoms with E-state index in [2.05, 4.69) is 46.6 Å². The molecule has 5 heteroatoms. The smallest absolute Gasteiger partial charge is 0.338 e. The van der Waals surface area contributed by atoms with E-state index >= 15 is 0 Å². The van der Waals surface area contributed by atoms with E-state index in [-0.39, 0.29) is 29.1 Å². The van der Waals surface area contributed by atoms with Crippen LogP contribution in [-0.2, 0) is 14.2 Å². The number of benzene rings is 2. The summed E-state index contributed by atoms with van der Waals surface area (Å²) in [7, 11) is 2.18. The van der Waals surface area contributed by atoms with Crippen LogP contribution >= 0.6 is 0 Å². The van der Waals surface area contributed by atoms with E-state index in [1.165, 1.54) is 0 Å². The van der Waals surface area contributed by atoms with Crippen molar-refractivity contribution < 1.29 is 19.0 Å². The lowest BCUT2D eigenvalue weighted by molar-refractivity contribution is -0.344. The highest BCUT2D eigenvalue weighted by atomic mass is 16.7. The van der Waals surface area contributed by atoms with Crippen LogP contribution in [0.4, 0.5) is 0 Å². The predicted molar refractivity (Wildman–Crippen MR) is 127 cm³/mol. The molecule has 0 N–H and O–H groups in total. The SMILES string of the molecule is CCC1(COC(=O)c2cccc3ccccc23)COC2(CC(C)(C)N(C)C(C)(C)C2)OC1. The Balaban J connectivity index is 1.45. The van der Waals surface area contributed by atoms with Crippen LogP contribution in [0.3, 0.4) is 0 Å². The van der Waals surface area contributed by atoms with Gasteiger partial charge < -0.3 is 14.2 Å². The Kier molecular flexibility index (Phi) is 5.89. The number of fused-ring (bicyclic) bond motifs is 1. The molecule has 4 rings (SSSR count). The lowest BCUT2D eigenvalue weighted by Crippen LogP contribution is -2.67. The second-order valence-electron chi connectivity index (χ2n) is 11.0. The predicted octanol–water partition coefficient (Wildman–Crippen LogP) is 5.42. The van der Waals surface area contributed by atoms with Crippen LogP contribution in [0, 0.1) is 5.41 Å². The van der Waals surface area contributed by atoms with Crippen molar-refractivity contribution in [3.8, 4) is 0 Å². The maximum absolute atomic E-state index is 13.0. The third-order valence-corrected chi connectivity index (χ3v) is 7.77. The van der Waals surface area contributed by atoms with E-state index < -0.39 is 5.79 Å². The van der Waals surface area contributed by atoms with Crippen LogP contribution in [0.2, 0.25) is 0 Å². The molecule has 2 aliphatic heterocycles. The van der Waals surface area contributed by atoms with Gasteiger partial charge in [-0.05, 0) is 58.0 Å². The fourth-order valence-corrected chi connectivity index (χ4v) is 5.38. The molecule has 174 valence electrons. The zero-order chi connectivity index (χ0) is 23.2. The number of nitrogens with zero attached hydrogens (tertiary/aromatic N) is 1. The van der Waals surface area contributed by atoms with E-state index in [4.69, 9.17) is 14.2 Å². The Bertz CT molecular complexity index is 963. The third-order valence-electron chi connectivity index (χ3n) is 7.77. The number of likely N-dealkylation sites (tertiary alicyclic amines) is 1. The molecular formula is C27H37NO4. The monoisotopic (exact) mass is 439 g/mol. The normalized spacial score (nSPS) is 23.8. The van der Waals surface area contributed by atoms with Gasteiger partial charge in [0.2, 0.25) is 0 Å². The minimum atomic E-state index is -0.585. The highest BCUT2D eigenvalue weighted by Crippen LogP contribution is 2.48. The van der Waals surface area contributed by atoms with Crippen molar-refractivity contribution in [2.45, 2.75) is 70.7 Å². The molecule has 0 radical (unpaired) electrons. The van der Waals surface area contributed by atoms with Gasteiger partial charge in [-0.25, -0.2) is 4.79 Å². The summed E-state index contributed by atoms with van der Waals surface area (Å²) < 4.78 is 18.8. The van der Waals surface area contributed by atoms with Gasteiger partial charge in [-0.3, -0.25) is 4.90 Å². The number of rotatable bonds is 4. The third kappa shape index (κ3) is 4.18. The first kappa shape index (κ1) is 23.2. The minimum absolute atomic E-state index is 0.0329. The summed E-state index contributed by atoms with van der Waals surface area (Å²) in [6.07, 6.45) is 2.45. The fourth-order valence-electron chi connectivity index (χ4n) is 5.38. The Morgan fingerprint density at radius 1 is 0.969 bits per heavy atom. The summed E-state index contributed by atoms with van der Waals surface area (Å²) in [6, 6.07) is 13.6. The number of ether oxygens (including phenoxy) is 3. The molecule has 0 aromatic heterocycles. The molecule has 2 aliphatic rings. The van der Waals surface area contributed by atoms with Crippen molar-refractivity contribution in [2.24, 2.45) is 5.41 Å². The van der Waals surface area contributed by atoms with Crippen molar-refractivity contribution in [3.05, 3.63) is 48.0 Å². The molecule has 1 spiro atoms. The number of carbonyl (C=O) groups is 1.